The molecule has 172 valence electrons. The fourth-order valence-electron chi connectivity index (χ4n) is 3.07. The van der Waals surface area contributed by atoms with E-state index in [1.54, 1.807) is 0 Å². The minimum atomic E-state index is -4.19. The normalized spacial score (nSPS) is 11.2. The number of carboxylic acid groups (broad SMARTS) is 1. The molecule has 0 fully saturated rings. The van der Waals surface area contributed by atoms with Gasteiger partial charge in [0, 0.05) is 28.9 Å². The van der Waals surface area contributed by atoms with Crippen LogP contribution in [0.4, 0.5) is 17.6 Å². The minimum Gasteiger partial charge on any atom is -0.655 e. The predicted octanol–water partition coefficient (Wildman–Crippen LogP) is 5.63. The molecule has 2 aromatic carbocycles. The number of fused-ring (bicyclic) bond motifs is 1. The summed E-state index contributed by atoms with van der Waals surface area (Å²) in [5.41, 5.74) is 2.82. The number of aromatic amines is 1. The molecule has 0 amide bonds. The number of hydrogen-bond acceptors (Lipinski definition) is 3. The first kappa shape index (κ1) is 23.9. The van der Waals surface area contributed by atoms with Crippen LogP contribution in [0.25, 0.3) is 27.5 Å². The van der Waals surface area contributed by atoms with Gasteiger partial charge >= 0.3 is 12.1 Å². The number of carboxylic acids is 1. The first-order valence-electron chi connectivity index (χ1n) is 9.79. The summed E-state index contributed by atoms with van der Waals surface area (Å²) in [4.78, 5) is 21.5. The number of alkyl halides is 3. The summed E-state index contributed by atoms with van der Waals surface area (Å²) in [7, 11) is 0. The van der Waals surface area contributed by atoms with Crippen molar-refractivity contribution in [1.82, 2.24) is 15.0 Å². The number of aromatic carboxylic acids is 1. The third kappa shape index (κ3) is 6.84. The second-order valence-corrected chi connectivity index (χ2v) is 6.93. The summed E-state index contributed by atoms with van der Waals surface area (Å²) < 4.78 is 48.3. The van der Waals surface area contributed by atoms with E-state index in [4.69, 9.17) is 5.11 Å². The maximum Gasteiger partial charge on any atom is 0.371 e. The average molecular weight is 459 g/mol. The molecule has 0 saturated heterocycles. The lowest BCUT2D eigenvalue weighted by Gasteiger charge is -2.20. The largest absolute Gasteiger partial charge is 0.655 e. The van der Waals surface area contributed by atoms with Gasteiger partial charge in [-0.3, -0.25) is 0 Å². The van der Waals surface area contributed by atoms with Crippen molar-refractivity contribution in [2.24, 2.45) is 0 Å². The molecule has 10 heteroatoms. The number of para-hydroxylation sites is 1. The number of benzene rings is 2. The zero-order chi connectivity index (χ0) is 23.8. The summed E-state index contributed by atoms with van der Waals surface area (Å²) in [5.74, 6) is -1.49. The SMILES string of the molecule is FC(F)(F)C[N-]CCc1c[nH]c2ccccc12.O=C(O)c1cncnc1-c1ccc(F)cc1. The second-order valence-electron chi connectivity index (χ2n) is 6.93. The quantitative estimate of drug-likeness (QED) is 0.289. The number of hydrogen-bond donors (Lipinski definition) is 2. The molecular formula is C23H19F4N4O2-. The lowest BCUT2D eigenvalue weighted by atomic mass is 10.1. The van der Waals surface area contributed by atoms with Gasteiger partial charge in [-0.05, 0) is 42.3 Å². The van der Waals surface area contributed by atoms with Gasteiger partial charge in [0.15, 0.2) is 0 Å². The van der Waals surface area contributed by atoms with Crippen LogP contribution in [0.5, 0.6) is 0 Å². The molecule has 33 heavy (non-hydrogen) atoms. The van der Waals surface area contributed by atoms with Gasteiger partial charge in [-0.25, -0.2) is 19.2 Å². The van der Waals surface area contributed by atoms with Crippen LogP contribution in [0.2, 0.25) is 0 Å². The highest BCUT2D eigenvalue weighted by molar-refractivity contribution is 5.94. The Kier molecular flexibility index (Phi) is 7.73. The predicted molar refractivity (Wildman–Crippen MR) is 116 cm³/mol. The first-order valence-corrected chi connectivity index (χ1v) is 9.79. The smallest absolute Gasteiger partial charge is 0.371 e. The average Bonchev–Trinajstić information content (AvgIpc) is 3.20. The Labute approximate surface area is 186 Å². The molecule has 4 rings (SSSR count). The third-order valence-corrected chi connectivity index (χ3v) is 4.57. The van der Waals surface area contributed by atoms with E-state index in [1.165, 1.54) is 36.8 Å². The van der Waals surface area contributed by atoms with Crippen LogP contribution < -0.4 is 0 Å². The molecule has 0 bridgehead atoms. The number of H-pyrrole nitrogens is 1. The van der Waals surface area contributed by atoms with Crippen molar-refractivity contribution in [2.75, 3.05) is 13.1 Å². The molecule has 0 spiro atoms. The van der Waals surface area contributed by atoms with Crippen LogP contribution in [0.3, 0.4) is 0 Å². The number of aromatic nitrogens is 3. The van der Waals surface area contributed by atoms with E-state index < -0.39 is 18.7 Å². The van der Waals surface area contributed by atoms with Gasteiger partial charge in [-0.1, -0.05) is 24.7 Å². The summed E-state index contributed by atoms with van der Waals surface area (Å²) in [6.07, 6.45) is 0.632. The molecule has 0 aliphatic carbocycles. The number of nitrogens with zero attached hydrogens (tertiary/aromatic N) is 3. The van der Waals surface area contributed by atoms with E-state index in [-0.39, 0.29) is 23.6 Å². The van der Waals surface area contributed by atoms with Gasteiger partial charge in [-0.15, -0.1) is 6.54 Å². The van der Waals surface area contributed by atoms with E-state index in [0.717, 1.165) is 16.5 Å². The van der Waals surface area contributed by atoms with Crippen LogP contribution in [0.1, 0.15) is 15.9 Å². The van der Waals surface area contributed by atoms with E-state index in [2.05, 4.69) is 20.3 Å². The third-order valence-electron chi connectivity index (χ3n) is 4.57. The van der Waals surface area contributed by atoms with Crippen LogP contribution in [0.15, 0.2) is 67.3 Å². The highest BCUT2D eigenvalue weighted by atomic mass is 19.4. The van der Waals surface area contributed by atoms with Crippen molar-refractivity contribution in [1.29, 1.82) is 0 Å². The van der Waals surface area contributed by atoms with Gasteiger partial charge in [0.25, 0.3) is 0 Å². The molecule has 2 aromatic heterocycles. The van der Waals surface area contributed by atoms with Crippen LogP contribution in [0, 0.1) is 5.82 Å². The molecule has 0 radical (unpaired) electrons. The molecule has 0 unspecified atom stereocenters. The van der Waals surface area contributed by atoms with Crippen molar-refractivity contribution in [3.05, 3.63) is 89.5 Å². The van der Waals surface area contributed by atoms with Crippen molar-refractivity contribution >= 4 is 16.9 Å². The first-order chi connectivity index (χ1) is 15.7. The fourth-order valence-corrected chi connectivity index (χ4v) is 3.07. The molecule has 4 aromatic rings. The van der Waals surface area contributed by atoms with Gasteiger partial charge in [0.1, 0.15) is 17.7 Å². The number of carbonyl (C=O) groups is 1. The van der Waals surface area contributed by atoms with Gasteiger partial charge in [-0.2, -0.15) is 13.2 Å². The van der Waals surface area contributed by atoms with Gasteiger partial charge in [0.2, 0.25) is 0 Å². The standard InChI is InChI=1S/C12H12F3N2.C11H7FN2O2/c13-12(14,15)8-16-6-5-9-7-17-11-4-2-1-3-10(9)11;12-8-3-1-7(2-4-8)10-9(11(15)16)5-13-6-14-10/h1-4,7,17H,5-6,8H2;1-6H,(H,15,16)/q-1;. The molecule has 2 heterocycles. The van der Waals surface area contributed by atoms with Crippen molar-refractivity contribution < 1.29 is 27.5 Å². The van der Waals surface area contributed by atoms with Crippen molar-refractivity contribution in [3.63, 3.8) is 0 Å². The van der Waals surface area contributed by atoms with E-state index in [1.807, 2.05) is 30.5 Å². The van der Waals surface area contributed by atoms with E-state index >= 15 is 0 Å². The Hall–Kier alpha value is -3.79. The Morgan fingerprint density at radius 2 is 1.82 bits per heavy atom. The lowest BCUT2D eigenvalue weighted by molar-refractivity contribution is -0.113. The number of rotatable bonds is 6. The summed E-state index contributed by atoms with van der Waals surface area (Å²) in [6.45, 7) is -0.864. The zero-order valence-electron chi connectivity index (χ0n) is 17.2. The monoisotopic (exact) mass is 459 g/mol. The fraction of sp³-hybridized carbons (Fsp3) is 0.174. The molecule has 2 N–H and O–H groups in total. The number of halogens is 4. The number of nitrogens with one attached hydrogen (secondary N) is 1. The summed E-state index contributed by atoms with van der Waals surface area (Å²) in [6, 6.07) is 13.2. The Bertz CT molecular complexity index is 1210. The van der Waals surface area contributed by atoms with Crippen molar-refractivity contribution in [3.8, 4) is 11.3 Å². The Balaban J connectivity index is 0.000000186. The summed E-state index contributed by atoms with van der Waals surface area (Å²) in [5, 5.41) is 13.5. The lowest BCUT2D eigenvalue weighted by Crippen LogP contribution is -2.14. The maximum absolute atomic E-state index is 12.7. The molecular weight excluding hydrogens is 440 g/mol. The highest BCUT2D eigenvalue weighted by Gasteiger charge is 2.20. The van der Waals surface area contributed by atoms with Crippen molar-refractivity contribution in [2.45, 2.75) is 12.6 Å². The van der Waals surface area contributed by atoms with Gasteiger partial charge < -0.3 is 15.4 Å². The van der Waals surface area contributed by atoms with Crippen LogP contribution in [-0.4, -0.2) is 45.3 Å². The second kappa shape index (κ2) is 10.7. The topological polar surface area (TPSA) is 93.0 Å². The highest BCUT2D eigenvalue weighted by Crippen LogP contribution is 2.21. The van der Waals surface area contributed by atoms with Gasteiger partial charge in [0.05, 0.1) is 5.69 Å². The van der Waals surface area contributed by atoms with Crippen LogP contribution >= 0.6 is 0 Å². The summed E-state index contributed by atoms with van der Waals surface area (Å²) >= 11 is 0. The van der Waals surface area contributed by atoms with Crippen LogP contribution in [-0.2, 0) is 6.42 Å². The maximum atomic E-state index is 12.7. The Morgan fingerprint density at radius 3 is 2.52 bits per heavy atom. The molecule has 0 saturated carbocycles. The molecule has 0 aliphatic rings. The zero-order valence-corrected chi connectivity index (χ0v) is 17.2. The van der Waals surface area contributed by atoms with E-state index in [9.17, 15) is 22.4 Å². The Morgan fingerprint density at radius 1 is 1.09 bits per heavy atom. The molecule has 0 aliphatic heterocycles. The van der Waals surface area contributed by atoms with E-state index in [0.29, 0.717) is 12.0 Å². The molecule has 0 atom stereocenters. The molecule has 6 nitrogen and oxygen atoms in total. The minimum absolute atomic E-state index is 0.00546.